The van der Waals surface area contributed by atoms with E-state index in [0.717, 1.165) is 17.7 Å². The van der Waals surface area contributed by atoms with Crippen LogP contribution in [0.3, 0.4) is 0 Å². The maximum absolute atomic E-state index is 14.2. The smallest absolute Gasteiger partial charge is 0.374 e. The lowest BCUT2D eigenvalue weighted by molar-refractivity contribution is -0.275. The van der Waals surface area contributed by atoms with E-state index >= 15 is 0 Å². The molecule has 0 saturated carbocycles. The van der Waals surface area contributed by atoms with Crippen LogP contribution in [0.5, 0.6) is 0 Å². The second-order valence-electron chi connectivity index (χ2n) is 7.51. The third kappa shape index (κ3) is 4.54. The van der Waals surface area contributed by atoms with Gasteiger partial charge >= 0.3 is 6.18 Å². The zero-order valence-corrected chi connectivity index (χ0v) is 18.6. The van der Waals surface area contributed by atoms with Gasteiger partial charge in [-0.2, -0.15) is 13.2 Å². The zero-order chi connectivity index (χ0) is 23.8. The number of halogens is 5. The van der Waals surface area contributed by atoms with Gasteiger partial charge in [-0.05, 0) is 48.9 Å². The van der Waals surface area contributed by atoms with Gasteiger partial charge in [-0.3, -0.25) is 9.78 Å². The van der Waals surface area contributed by atoms with E-state index in [2.05, 4.69) is 15.5 Å². The zero-order valence-electron chi connectivity index (χ0n) is 17.1. The van der Waals surface area contributed by atoms with Gasteiger partial charge in [0.25, 0.3) is 11.5 Å². The first kappa shape index (κ1) is 23.1. The van der Waals surface area contributed by atoms with E-state index in [1.165, 1.54) is 12.3 Å². The van der Waals surface area contributed by atoms with Crippen LogP contribution >= 0.6 is 23.2 Å². The number of hydrogen-bond acceptors (Lipinski definition) is 4. The Labute approximate surface area is 197 Å². The van der Waals surface area contributed by atoms with Crippen molar-refractivity contribution in [2.45, 2.75) is 25.1 Å². The van der Waals surface area contributed by atoms with E-state index in [1.807, 2.05) is 0 Å². The number of alkyl halides is 3. The van der Waals surface area contributed by atoms with E-state index in [-0.39, 0.29) is 21.3 Å². The average molecular weight is 494 g/mol. The average Bonchev–Trinajstić information content (AvgIpc) is 3.22. The molecule has 1 aliphatic rings. The van der Waals surface area contributed by atoms with Crippen LogP contribution in [0.4, 0.5) is 18.9 Å². The van der Waals surface area contributed by atoms with Crippen molar-refractivity contribution in [2.24, 2.45) is 5.16 Å². The van der Waals surface area contributed by atoms with Crippen LogP contribution in [0, 0.1) is 6.92 Å². The maximum atomic E-state index is 14.2. The van der Waals surface area contributed by atoms with Gasteiger partial charge in [-0.15, -0.1) is 0 Å². The number of nitrogens with zero attached hydrogens (tertiary/aromatic N) is 2. The number of pyridine rings is 1. The Morgan fingerprint density at radius 2 is 1.85 bits per heavy atom. The lowest BCUT2D eigenvalue weighted by Crippen LogP contribution is -2.42. The maximum Gasteiger partial charge on any atom is 0.435 e. The number of oxime groups is 1. The summed E-state index contributed by atoms with van der Waals surface area (Å²) < 4.78 is 42.6. The fraction of sp³-hybridized carbons (Fsp3) is 0.174. The first-order valence-electron chi connectivity index (χ1n) is 9.70. The van der Waals surface area contributed by atoms with Crippen molar-refractivity contribution in [1.29, 1.82) is 0 Å². The molecule has 1 atom stereocenters. The topological polar surface area (TPSA) is 63.6 Å². The summed E-state index contributed by atoms with van der Waals surface area (Å²) in [6.45, 7) is 1.77. The molecule has 10 heteroatoms. The number of aromatic nitrogens is 1. The van der Waals surface area contributed by atoms with E-state index in [9.17, 15) is 18.0 Å². The molecule has 1 aromatic heterocycles. The largest absolute Gasteiger partial charge is 0.435 e. The third-order valence-corrected chi connectivity index (χ3v) is 5.69. The SMILES string of the molecule is Cc1ccc(C2=NOC(c3cc(Cl)cc(Cl)c3)(C(F)(F)F)C2)cc1NC(=O)c1cccnc1. The van der Waals surface area contributed by atoms with Crippen LogP contribution in [-0.4, -0.2) is 22.8 Å². The molecule has 3 aromatic rings. The van der Waals surface area contributed by atoms with E-state index in [1.54, 1.807) is 43.5 Å². The fourth-order valence-corrected chi connectivity index (χ4v) is 4.00. The van der Waals surface area contributed by atoms with Crippen molar-refractivity contribution in [2.75, 3.05) is 5.32 Å². The van der Waals surface area contributed by atoms with Crippen LogP contribution in [0.15, 0.2) is 66.1 Å². The number of benzene rings is 2. The number of aryl methyl sites for hydroxylation is 1. The Kier molecular flexibility index (Phi) is 6.07. The lowest BCUT2D eigenvalue weighted by Gasteiger charge is -2.29. The summed E-state index contributed by atoms with van der Waals surface area (Å²) in [5.41, 5.74) is -1.04. The molecule has 0 fully saturated rings. The fourth-order valence-electron chi connectivity index (χ4n) is 3.47. The lowest BCUT2D eigenvalue weighted by atomic mass is 9.86. The van der Waals surface area contributed by atoms with Crippen molar-refractivity contribution >= 4 is 40.5 Å². The molecular weight excluding hydrogens is 478 g/mol. The van der Waals surface area contributed by atoms with E-state index in [0.29, 0.717) is 16.8 Å². The number of anilines is 1. The van der Waals surface area contributed by atoms with Gasteiger partial charge in [0.2, 0.25) is 0 Å². The molecule has 5 nitrogen and oxygen atoms in total. The standard InChI is InChI=1S/C23H16Cl2F3N3O2/c1-13-4-5-14(7-19(13)30-21(32)15-3-2-6-29-12-15)20-11-22(33-31-20,23(26,27)28)16-8-17(24)10-18(25)9-16/h2-10,12H,11H2,1H3,(H,30,32). The molecule has 170 valence electrons. The molecular formula is C23H16Cl2F3N3O2. The van der Waals surface area contributed by atoms with Gasteiger partial charge in [-0.1, -0.05) is 40.5 Å². The van der Waals surface area contributed by atoms with E-state index in [4.69, 9.17) is 28.0 Å². The van der Waals surface area contributed by atoms with E-state index < -0.39 is 24.1 Å². The summed E-state index contributed by atoms with van der Waals surface area (Å²) in [6, 6.07) is 11.7. The minimum atomic E-state index is -4.80. The molecule has 1 amide bonds. The molecule has 2 aromatic carbocycles. The van der Waals surface area contributed by atoms with Crippen molar-refractivity contribution in [3.8, 4) is 0 Å². The predicted octanol–water partition coefficient (Wildman–Crippen LogP) is 6.53. The number of nitrogens with one attached hydrogen (secondary N) is 1. The van der Waals surface area contributed by atoms with Crippen LogP contribution in [0.25, 0.3) is 0 Å². The number of hydrogen-bond donors (Lipinski definition) is 1. The summed E-state index contributed by atoms with van der Waals surface area (Å²) in [5.74, 6) is -0.397. The second kappa shape index (κ2) is 8.68. The number of carbonyl (C=O) groups is 1. The molecule has 0 aliphatic carbocycles. The second-order valence-corrected chi connectivity index (χ2v) is 8.39. The van der Waals surface area contributed by atoms with Gasteiger partial charge in [0, 0.05) is 45.7 Å². The summed E-state index contributed by atoms with van der Waals surface area (Å²) in [4.78, 5) is 21.4. The Morgan fingerprint density at radius 1 is 1.12 bits per heavy atom. The van der Waals surface area contributed by atoms with Gasteiger partial charge in [0.1, 0.15) is 0 Å². The Hall–Kier alpha value is -3.10. The van der Waals surface area contributed by atoms with Gasteiger partial charge in [0.05, 0.1) is 11.3 Å². The van der Waals surface area contributed by atoms with Crippen molar-refractivity contribution in [3.05, 3.63) is 93.2 Å². The molecule has 4 rings (SSSR count). The Bertz CT molecular complexity index is 1230. The molecule has 0 bridgehead atoms. The summed E-state index contributed by atoms with van der Waals surface area (Å²) in [7, 11) is 0. The Morgan fingerprint density at radius 3 is 2.48 bits per heavy atom. The summed E-state index contributed by atoms with van der Waals surface area (Å²) >= 11 is 11.9. The number of amides is 1. The Balaban J connectivity index is 1.65. The molecule has 2 heterocycles. The molecule has 0 saturated heterocycles. The monoisotopic (exact) mass is 493 g/mol. The third-order valence-electron chi connectivity index (χ3n) is 5.26. The quantitative estimate of drug-likeness (QED) is 0.449. The predicted molar refractivity (Wildman–Crippen MR) is 120 cm³/mol. The van der Waals surface area contributed by atoms with Crippen molar-refractivity contribution in [3.63, 3.8) is 0 Å². The van der Waals surface area contributed by atoms with Crippen LogP contribution in [0.2, 0.25) is 10.0 Å². The van der Waals surface area contributed by atoms with Crippen molar-refractivity contribution < 1.29 is 22.8 Å². The van der Waals surface area contributed by atoms with Gasteiger partial charge in [-0.25, -0.2) is 0 Å². The highest BCUT2D eigenvalue weighted by atomic mass is 35.5. The molecule has 1 N–H and O–H groups in total. The summed E-state index contributed by atoms with van der Waals surface area (Å²) in [5, 5.41) is 6.61. The molecule has 1 unspecified atom stereocenters. The highest BCUT2D eigenvalue weighted by molar-refractivity contribution is 6.34. The first-order valence-corrected chi connectivity index (χ1v) is 10.5. The number of rotatable bonds is 4. The molecule has 1 aliphatic heterocycles. The summed E-state index contributed by atoms with van der Waals surface area (Å²) in [6.07, 6.45) is -2.43. The minimum Gasteiger partial charge on any atom is -0.374 e. The van der Waals surface area contributed by atoms with Gasteiger partial charge < -0.3 is 10.2 Å². The van der Waals surface area contributed by atoms with Gasteiger partial charge in [0.15, 0.2) is 0 Å². The first-order chi connectivity index (χ1) is 15.6. The normalized spacial score (nSPS) is 17.9. The minimum absolute atomic E-state index is 0.0499. The van der Waals surface area contributed by atoms with Crippen LogP contribution in [-0.2, 0) is 10.4 Å². The molecule has 0 spiro atoms. The highest BCUT2D eigenvalue weighted by Gasteiger charge is 2.62. The van der Waals surface area contributed by atoms with Crippen LogP contribution < -0.4 is 5.32 Å². The molecule has 33 heavy (non-hydrogen) atoms. The van der Waals surface area contributed by atoms with Crippen LogP contribution in [0.1, 0.15) is 33.5 Å². The number of carbonyl (C=O) groups excluding carboxylic acids is 1. The highest BCUT2D eigenvalue weighted by Crippen LogP contribution is 2.49. The van der Waals surface area contributed by atoms with Crippen molar-refractivity contribution in [1.82, 2.24) is 4.98 Å². The molecule has 0 radical (unpaired) electrons.